The van der Waals surface area contributed by atoms with E-state index in [1.54, 1.807) is 7.11 Å². The molecule has 2 aliphatic rings. The van der Waals surface area contributed by atoms with E-state index in [0.29, 0.717) is 5.88 Å². The summed E-state index contributed by atoms with van der Waals surface area (Å²) in [5.74, 6) is 2.51. The van der Waals surface area contributed by atoms with Gasteiger partial charge >= 0.3 is 0 Å². The minimum absolute atomic E-state index is 0.698. The molecule has 2 aliphatic heterocycles. The number of hydrogen-bond donors (Lipinski definition) is 0. The molecular formula is C18H31N5O. The zero-order valence-corrected chi connectivity index (χ0v) is 15.6. The Bertz CT molecular complexity index is 557. The molecule has 0 saturated carbocycles. The van der Waals surface area contributed by atoms with Gasteiger partial charge in [0.1, 0.15) is 11.6 Å². The highest BCUT2D eigenvalue weighted by molar-refractivity contribution is 5.51. The fraction of sp³-hybridized carbons (Fsp3) is 0.778. The minimum atomic E-state index is 0.698. The standard InChI is InChI=1S/C18H31N5O/c1-14-17(19-15(2)20-18(14)24-4)23-11-9-22(10-12-23)13-16-7-5-6-8-21(16)3/h16H,5-13H2,1-4H3. The molecule has 0 N–H and O–H groups in total. The van der Waals surface area contributed by atoms with E-state index in [1.165, 1.54) is 32.4 Å². The van der Waals surface area contributed by atoms with E-state index >= 15 is 0 Å². The number of likely N-dealkylation sites (N-methyl/N-ethyl adjacent to an activating group) is 1. The Labute approximate surface area is 145 Å². The van der Waals surface area contributed by atoms with Crippen molar-refractivity contribution in [1.29, 1.82) is 0 Å². The van der Waals surface area contributed by atoms with Gasteiger partial charge in [-0.05, 0) is 40.3 Å². The van der Waals surface area contributed by atoms with Crippen LogP contribution in [-0.2, 0) is 0 Å². The number of aromatic nitrogens is 2. The molecule has 0 aliphatic carbocycles. The van der Waals surface area contributed by atoms with Gasteiger partial charge in [-0.15, -0.1) is 0 Å². The molecule has 0 spiro atoms. The van der Waals surface area contributed by atoms with Gasteiger partial charge in [0.25, 0.3) is 0 Å². The summed E-state index contributed by atoms with van der Waals surface area (Å²) in [6.45, 7) is 10.7. The Morgan fingerprint density at radius 3 is 2.46 bits per heavy atom. The first-order chi connectivity index (χ1) is 11.6. The molecule has 3 heterocycles. The second-order valence-electron chi connectivity index (χ2n) is 7.15. The molecule has 2 fully saturated rings. The van der Waals surface area contributed by atoms with Crippen molar-refractivity contribution in [2.24, 2.45) is 0 Å². The lowest BCUT2D eigenvalue weighted by Gasteiger charge is -2.40. The van der Waals surface area contributed by atoms with E-state index in [0.717, 1.165) is 49.4 Å². The minimum Gasteiger partial charge on any atom is -0.481 e. The van der Waals surface area contributed by atoms with Crippen LogP contribution in [0.1, 0.15) is 30.7 Å². The lowest BCUT2D eigenvalue weighted by molar-refractivity contribution is 0.124. The van der Waals surface area contributed by atoms with Crippen LogP contribution in [0.3, 0.4) is 0 Å². The number of ether oxygens (including phenoxy) is 1. The third kappa shape index (κ3) is 3.81. The molecule has 3 rings (SSSR count). The van der Waals surface area contributed by atoms with Crippen LogP contribution in [-0.4, -0.2) is 79.2 Å². The molecule has 6 nitrogen and oxygen atoms in total. The summed E-state index contributed by atoms with van der Waals surface area (Å²) in [6.07, 6.45) is 4.08. The Morgan fingerprint density at radius 1 is 1.04 bits per heavy atom. The summed E-state index contributed by atoms with van der Waals surface area (Å²) in [5, 5.41) is 0. The highest BCUT2D eigenvalue weighted by Crippen LogP contribution is 2.26. The SMILES string of the molecule is COc1nc(C)nc(N2CCN(CC3CCCCN3C)CC2)c1C. The van der Waals surface area contributed by atoms with Crippen LogP contribution in [0.2, 0.25) is 0 Å². The number of aryl methyl sites for hydroxylation is 1. The quantitative estimate of drug-likeness (QED) is 0.836. The van der Waals surface area contributed by atoms with E-state index in [2.05, 4.69) is 38.6 Å². The van der Waals surface area contributed by atoms with Gasteiger partial charge in [0.2, 0.25) is 5.88 Å². The molecule has 6 heteroatoms. The van der Waals surface area contributed by atoms with Gasteiger partial charge < -0.3 is 14.5 Å². The van der Waals surface area contributed by atoms with E-state index in [4.69, 9.17) is 4.74 Å². The second kappa shape index (κ2) is 7.66. The first-order valence-corrected chi connectivity index (χ1v) is 9.15. The number of nitrogens with zero attached hydrogens (tertiary/aromatic N) is 5. The van der Waals surface area contributed by atoms with Crippen LogP contribution >= 0.6 is 0 Å². The van der Waals surface area contributed by atoms with Crippen LogP contribution in [0.15, 0.2) is 0 Å². The fourth-order valence-corrected chi connectivity index (χ4v) is 3.91. The summed E-state index contributed by atoms with van der Waals surface area (Å²) >= 11 is 0. The Morgan fingerprint density at radius 2 is 1.79 bits per heavy atom. The van der Waals surface area contributed by atoms with Crippen LogP contribution in [0, 0.1) is 13.8 Å². The van der Waals surface area contributed by atoms with Crippen molar-refractivity contribution in [2.75, 3.05) is 58.3 Å². The molecule has 0 amide bonds. The number of hydrogen-bond acceptors (Lipinski definition) is 6. The lowest BCUT2D eigenvalue weighted by Crippen LogP contribution is -2.52. The zero-order chi connectivity index (χ0) is 17.1. The number of methoxy groups -OCH3 is 1. The monoisotopic (exact) mass is 333 g/mol. The van der Waals surface area contributed by atoms with E-state index in [-0.39, 0.29) is 0 Å². The van der Waals surface area contributed by atoms with Crippen molar-refractivity contribution in [3.05, 3.63) is 11.4 Å². The summed E-state index contributed by atoms with van der Waals surface area (Å²) in [5.41, 5.74) is 1.04. The smallest absolute Gasteiger partial charge is 0.221 e. The summed E-state index contributed by atoms with van der Waals surface area (Å²) in [4.78, 5) is 16.6. The largest absolute Gasteiger partial charge is 0.481 e. The fourth-order valence-electron chi connectivity index (χ4n) is 3.91. The average molecular weight is 333 g/mol. The second-order valence-corrected chi connectivity index (χ2v) is 7.15. The highest BCUT2D eigenvalue weighted by atomic mass is 16.5. The third-order valence-corrected chi connectivity index (χ3v) is 5.44. The van der Waals surface area contributed by atoms with Crippen molar-refractivity contribution in [2.45, 2.75) is 39.2 Å². The van der Waals surface area contributed by atoms with Crippen molar-refractivity contribution in [1.82, 2.24) is 19.8 Å². The molecule has 0 bridgehead atoms. The number of piperidine rings is 1. The van der Waals surface area contributed by atoms with Gasteiger partial charge in [-0.3, -0.25) is 4.90 Å². The number of likely N-dealkylation sites (tertiary alicyclic amines) is 1. The van der Waals surface area contributed by atoms with Crippen molar-refractivity contribution in [3.8, 4) is 5.88 Å². The molecule has 0 aromatic carbocycles. The number of piperazine rings is 1. The molecule has 1 aromatic heterocycles. The maximum absolute atomic E-state index is 5.40. The zero-order valence-electron chi connectivity index (χ0n) is 15.6. The highest BCUT2D eigenvalue weighted by Gasteiger charge is 2.26. The molecular weight excluding hydrogens is 302 g/mol. The molecule has 1 unspecified atom stereocenters. The first kappa shape index (κ1) is 17.4. The maximum Gasteiger partial charge on any atom is 0.221 e. The molecule has 134 valence electrons. The van der Waals surface area contributed by atoms with Crippen LogP contribution in [0.25, 0.3) is 0 Å². The van der Waals surface area contributed by atoms with Crippen LogP contribution in [0.5, 0.6) is 5.88 Å². The third-order valence-electron chi connectivity index (χ3n) is 5.44. The normalized spacial score (nSPS) is 23.5. The number of rotatable bonds is 4. The molecule has 2 saturated heterocycles. The summed E-state index contributed by atoms with van der Waals surface area (Å²) < 4.78 is 5.40. The van der Waals surface area contributed by atoms with Crippen molar-refractivity contribution < 1.29 is 4.74 Å². The molecule has 0 radical (unpaired) electrons. The Hall–Kier alpha value is -1.40. The van der Waals surface area contributed by atoms with Gasteiger partial charge in [0, 0.05) is 38.8 Å². The van der Waals surface area contributed by atoms with Crippen molar-refractivity contribution in [3.63, 3.8) is 0 Å². The molecule has 1 atom stereocenters. The molecule has 1 aromatic rings. The predicted molar refractivity (Wildman–Crippen MR) is 97.0 cm³/mol. The van der Waals surface area contributed by atoms with Gasteiger partial charge in [-0.1, -0.05) is 6.42 Å². The van der Waals surface area contributed by atoms with Gasteiger partial charge in [-0.2, -0.15) is 4.98 Å². The Kier molecular flexibility index (Phi) is 5.56. The maximum atomic E-state index is 5.40. The van der Waals surface area contributed by atoms with Gasteiger partial charge in [0.15, 0.2) is 0 Å². The topological polar surface area (TPSA) is 44.7 Å². The first-order valence-electron chi connectivity index (χ1n) is 9.15. The summed E-state index contributed by atoms with van der Waals surface area (Å²) in [7, 11) is 3.95. The summed E-state index contributed by atoms with van der Waals surface area (Å²) in [6, 6.07) is 0.730. The van der Waals surface area contributed by atoms with Crippen molar-refractivity contribution >= 4 is 5.82 Å². The van der Waals surface area contributed by atoms with E-state index in [9.17, 15) is 0 Å². The van der Waals surface area contributed by atoms with E-state index < -0.39 is 0 Å². The lowest BCUT2D eigenvalue weighted by atomic mass is 10.0. The van der Waals surface area contributed by atoms with Gasteiger partial charge in [-0.25, -0.2) is 4.98 Å². The molecule has 24 heavy (non-hydrogen) atoms. The predicted octanol–water partition coefficient (Wildman–Crippen LogP) is 1.71. The van der Waals surface area contributed by atoms with Gasteiger partial charge in [0.05, 0.1) is 12.7 Å². The van der Waals surface area contributed by atoms with Crippen LogP contribution in [0.4, 0.5) is 5.82 Å². The van der Waals surface area contributed by atoms with Crippen LogP contribution < -0.4 is 9.64 Å². The average Bonchev–Trinajstić information content (AvgIpc) is 2.59. The van der Waals surface area contributed by atoms with E-state index in [1.807, 2.05) is 6.92 Å². The Balaban J connectivity index is 1.60. The number of anilines is 1.